The Morgan fingerprint density at radius 1 is 1.03 bits per heavy atom. The van der Waals surface area contributed by atoms with Crippen molar-refractivity contribution in [1.29, 1.82) is 0 Å². The number of benzene rings is 3. The van der Waals surface area contributed by atoms with Crippen molar-refractivity contribution in [3.05, 3.63) is 99.8 Å². The lowest BCUT2D eigenvalue weighted by atomic mass is 10.1. The first kappa shape index (κ1) is 25.1. The van der Waals surface area contributed by atoms with Crippen LogP contribution < -0.4 is 15.6 Å². The molecule has 1 aliphatic rings. The Balaban J connectivity index is 1.46. The van der Waals surface area contributed by atoms with Gasteiger partial charge in [0.25, 0.3) is 11.5 Å². The van der Waals surface area contributed by atoms with E-state index in [4.69, 9.17) is 9.72 Å². The third-order valence-corrected chi connectivity index (χ3v) is 7.89. The van der Waals surface area contributed by atoms with Crippen LogP contribution in [-0.4, -0.2) is 28.6 Å². The fraction of sp³-hybridized carbons (Fsp3) is 0.300. The van der Waals surface area contributed by atoms with E-state index >= 15 is 0 Å². The molecule has 37 heavy (non-hydrogen) atoms. The third-order valence-electron chi connectivity index (χ3n) is 6.84. The van der Waals surface area contributed by atoms with Crippen LogP contribution in [-0.2, 0) is 18.7 Å². The van der Waals surface area contributed by atoms with Gasteiger partial charge in [0.1, 0.15) is 5.75 Å². The second-order valence-electron chi connectivity index (χ2n) is 9.41. The van der Waals surface area contributed by atoms with E-state index in [-0.39, 0.29) is 17.5 Å². The van der Waals surface area contributed by atoms with Crippen LogP contribution in [0, 0.1) is 0 Å². The van der Waals surface area contributed by atoms with Crippen LogP contribution in [0.1, 0.15) is 47.2 Å². The van der Waals surface area contributed by atoms with Gasteiger partial charge in [0.05, 0.1) is 18.0 Å². The fourth-order valence-corrected chi connectivity index (χ4v) is 5.75. The number of fused-ring (bicyclic) bond motifs is 1. The van der Waals surface area contributed by atoms with Gasteiger partial charge in [-0.2, -0.15) is 0 Å². The lowest BCUT2D eigenvalue weighted by Crippen LogP contribution is -2.32. The number of nitrogens with one attached hydrogen (secondary N) is 1. The molecular formula is C30H31N3O3S. The number of carbonyl (C=O) groups is 1. The van der Waals surface area contributed by atoms with Crippen molar-refractivity contribution in [2.24, 2.45) is 0 Å². The zero-order valence-corrected chi connectivity index (χ0v) is 21.8. The fourth-order valence-electron chi connectivity index (χ4n) is 4.78. The van der Waals surface area contributed by atoms with E-state index in [0.29, 0.717) is 33.9 Å². The Kier molecular flexibility index (Phi) is 7.90. The Morgan fingerprint density at radius 2 is 1.81 bits per heavy atom. The molecule has 0 atom stereocenters. The number of carbonyl (C=O) groups excluding carboxylic acids is 1. The van der Waals surface area contributed by atoms with Crippen molar-refractivity contribution in [3.8, 4) is 5.75 Å². The summed E-state index contributed by atoms with van der Waals surface area (Å²) in [6.45, 7) is 0.524. The van der Waals surface area contributed by atoms with Gasteiger partial charge < -0.3 is 10.1 Å². The average Bonchev–Trinajstić information content (AvgIpc) is 3.45. The highest BCUT2D eigenvalue weighted by molar-refractivity contribution is 7.98. The quantitative estimate of drug-likeness (QED) is 0.233. The first-order valence-corrected chi connectivity index (χ1v) is 13.7. The van der Waals surface area contributed by atoms with E-state index in [0.717, 1.165) is 49.0 Å². The van der Waals surface area contributed by atoms with Crippen molar-refractivity contribution in [3.63, 3.8) is 0 Å². The van der Waals surface area contributed by atoms with Gasteiger partial charge in [-0.25, -0.2) is 4.98 Å². The molecule has 5 rings (SSSR count). The number of rotatable bonds is 9. The Morgan fingerprint density at radius 3 is 2.59 bits per heavy atom. The standard InChI is InChI=1S/C30H31N3O3S/c1-36-25-13-7-10-22(18-25)20-37-30-32-27-19-23(28(34)31-24-11-5-6-12-24)14-15-26(27)29(35)33(30)17-16-21-8-3-2-4-9-21/h2-4,7-10,13-15,18-19,24H,5-6,11-12,16-17,20H2,1H3,(H,31,34). The molecule has 0 spiro atoms. The van der Waals surface area contributed by atoms with Crippen LogP contribution >= 0.6 is 11.8 Å². The second kappa shape index (κ2) is 11.6. The molecule has 0 unspecified atom stereocenters. The average molecular weight is 514 g/mol. The maximum Gasteiger partial charge on any atom is 0.262 e. The molecule has 0 aliphatic heterocycles. The van der Waals surface area contributed by atoms with Gasteiger partial charge in [-0.15, -0.1) is 0 Å². The molecule has 7 heteroatoms. The molecular weight excluding hydrogens is 482 g/mol. The Labute approximate surface area is 221 Å². The molecule has 0 saturated heterocycles. The third kappa shape index (κ3) is 6.05. The predicted octanol–water partition coefficient (Wildman–Crippen LogP) is 5.61. The molecule has 6 nitrogen and oxygen atoms in total. The summed E-state index contributed by atoms with van der Waals surface area (Å²) in [5, 5.41) is 4.30. The minimum absolute atomic E-state index is 0.0863. The number of methoxy groups -OCH3 is 1. The number of hydrogen-bond acceptors (Lipinski definition) is 5. The summed E-state index contributed by atoms with van der Waals surface area (Å²) in [6.07, 6.45) is 5.08. The first-order chi connectivity index (χ1) is 18.1. The molecule has 190 valence electrons. The molecule has 1 aromatic heterocycles. The van der Waals surface area contributed by atoms with Gasteiger partial charge in [0.2, 0.25) is 0 Å². The number of ether oxygens (including phenoxy) is 1. The van der Waals surface area contributed by atoms with Gasteiger partial charge in [0, 0.05) is 23.9 Å². The largest absolute Gasteiger partial charge is 0.497 e. The summed E-state index contributed by atoms with van der Waals surface area (Å²) in [6, 6.07) is 23.5. The van der Waals surface area contributed by atoms with Gasteiger partial charge in [-0.05, 0) is 60.7 Å². The Bertz CT molecular complexity index is 1450. The highest BCUT2D eigenvalue weighted by Crippen LogP contribution is 2.25. The number of aromatic nitrogens is 2. The lowest BCUT2D eigenvalue weighted by molar-refractivity contribution is 0.0938. The van der Waals surface area contributed by atoms with Crippen LogP contribution in [0.2, 0.25) is 0 Å². The molecule has 0 bridgehead atoms. The van der Waals surface area contributed by atoms with E-state index in [1.54, 1.807) is 29.9 Å². The predicted molar refractivity (Wildman–Crippen MR) is 148 cm³/mol. The number of thioether (sulfide) groups is 1. The van der Waals surface area contributed by atoms with Gasteiger partial charge in [0.15, 0.2) is 5.16 Å². The highest BCUT2D eigenvalue weighted by atomic mass is 32.2. The second-order valence-corrected chi connectivity index (χ2v) is 10.4. The first-order valence-electron chi connectivity index (χ1n) is 12.8. The van der Waals surface area contributed by atoms with Crippen LogP contribution in [0.4, 0.5) is 0 Å². The minimum Gasteiger partial charge on any atom is -0.497 e. The van der Waals surface area contributed by atoms with E-state index in [1.807, 2.05) is 42.5 Å². The van der Waals surface area contributed by atoms with E-state index in [9.17, 15) is 9.59 Å². The van der Waals surface area contributed by atoms with Crippen molar-refractivity contribution in [1.82, 2.24) is 14.9 Å². The van der Waals surface area contributed by atoms with E-state index in [1.165, 1.54) is 11.8 Å². The number of amides is 1. The number of aryl methyl sites for hydroxylation is 1. The zero-order valence-electron chi connectivity index (χ0n) is 21.0. The molecule has 1 N–H and O–H groups in total. The highest BCUT2D eigenvalue weighted by Gasteiger charge is 2.19. The van der Waals surface area contributed by atoms with Crippen LogP contribution in [0.25, 0.3) is 10.9 Å². The topological polar surface area (TPSA) is 73.2 Å². The molecule has 3 aromatic carbocycles. The zero-order chi connectivity index (χ0) is 25.6. The van der Waals surface area contributed by atoms with Crippen molar-refractivity contribution < 1.29 is 9.53 Å². The molecule has 1 aliphatic carbocycles. The van der Waals surface area contributed by atoms with Crippen LogP contribution in [0.5, 0.6) is 5.75 Å². The van der Waals surface area contributed by atoms with Gasteiger partial charge in [-0.3, -0.25) is 14.2 Å². The normalized spacial score (nSPS) is 13.6. The minimum atomic E-state index is -0.102. The van der Waals surface area contributed by atoms with Crippen LogP contribution in [0.15, 0.2) is 82.7 Å². The summed E-state index contributed by atoms with van der Waals surface area (Å²) in [4.78, 5) is 31.4. The lowest BCUT2D eigenvalue weighted by Gasteiger charge is -2.15. The van der Waals surface area contributed by atoms with Gasteiger partial charge in [-0.1, -0.05) is 67.1 Å². The molecule has 1 amide bonds. The summed E-state index contributed by atoms with van der Waals surface area (Å²) in [7, 11) is 1.65. The van der Waals surface area contributed by atoms with E-state index < -0.39 is 0 Å². The number of nitrogens with zero attached hydrogens (tertiary/aromatic N) is 2. The summed E-state index contributed by atoms with van der Waals surface area (Å²) in [5.41, 5.74) is 3.25. The molecule has 4 aromatic rings. The molecule has 1 heterocycles. The van der Waals surface area contributed by atoms with Crippen molar-refractivity contribution >= 4 is 28.6 Å². The smallest absolute Gasteiger partial charge is 0.262 e. The monoisotopic (exact) mass is 513 g/mol. The molecule has 1 fully saturated rings. The van der Waals surface area contributed by atoms with Crippen molar-refractivity contribution in [2.75, 3.05) is 7.11 Å². The summed E-state index contributed by atoms with van der Waals surface area (Å²) >= 11 is 1.52. The molecule has 0 radical (unpaired) electrons. The van der Waals surface area contributed by atoms with Gasteiger partial charge >= 0.3 is 0 Å². The number of hydrogen-bond donors (Lipinski definition) is 1. The summed E-state index contributed by atoms with van der Waals surface area (Å²) < 4.78 is 7.12. The maximum atomic E-state index is 13.6. The van der Waals surface area contributed by atoms with Crippen LogP contribution in [0.3, 0.4) is 0 Å². The maximum absolute atomic E-state index is 13.6. The van der Waals surface area contributed by atoms with E-state index in [2.05, 4.69) is 17.4 Å². The Hall–Kier alpha value is -3.58. The SMILES string of the molecule is COc1cccc(CSc2nc3cc(C(=O)NC4CCCC4)ccc3c(=O)n2CCc2ccccc2)c1. The summed E-state index contributed by atoms with van der Waals surface area (Å²) in [5.74, 6) is 1.33. The van der Waals surface area contributed by atoms with Crippen molar-refractivity contribution in [2.45, 2.75) is 55.6 Å². The molecule has 1 saturated carbocycles.